The summed E-state index contributed by atoms with van der Waals surface area (Å²) in [6.45, 7) is 0.558. The molecule has 2 rings (SSSR count). The van der Waals surface area contributed by atoms with Gasteiger partial charge in [0, 0.05) is 12.4 Å². The molecule has 2 N–H and O–H groups in total. The van der Waals surface area contributed by atoms with Gasteiger partial charge in [0.25, 0.3) is 0 Å². The van der Waals surface area contributed by atoms with E-state index >= 15 is 0 Å². The van der Waals surface area contributed by atoms with E-state index in [-0.39, 0.29) is 0 Å². The lowest BCUT2D eigenvalue weighted by Crippen LogP contribution is -2.02. The first-order valence-electron chi connectivity index (χ1n) is 4.42. The highest BCUT2D eigenvalue weighted by atomic mass is 15.3. The molecule has 5 heteroatoms. The Morgan fingerprint density at radius 1 is 1.40 bits per heavy atom. The Hall–Kier alpha value is -2.35. The number of nitrogen functional groups attached to an aromatic ring is 1. The van der Waals surface area contributed by atoms with Crippen LogP contribution < -0.4 is 5.73 Å². The molecule has 0 unspecified atom stereocenters. The van der Waals surface area contributed by atoms with Crippen molar-refractivity contribution in [3.8, 4) is 6.07 Å². The monoisotopic (exact) mass is 199 g/mol. The number of hydrogen-bond donors (Lipinski definition) is 1. The fourth-order valence-electron chi connectivity index (χ4n) is 1.22. The van der Waals surface area contributed by atoms with Gasteiger partial charge in [-0.05, 0) is 18.2 Å². The fourth-order valence-corrected chi connectivity index (χ4v) is 1.22. The number of pyridine rings is 1. The molecule has 74 valence electrons. The average molecular weight is 199 g/mol. The largest absolute Gasteiger partial charge is 0.382 e. The Labute approximate surface area is 86.8 Å². The molecule has 2 aromatic heterocycles. The summed E-state index contributed by atoms with van der Waals surface area (Å²) >= 11 is 0. The molecule has 0 radical (unpaired) electrons. The molecule has 0 bridgehead atoms. The predicted octanol–water partition coefficient (Wildman–Crippen LogP) is 0.780. The van der Waals surface area contributed by atoms with Crippen LogP contribution in [0.2, 0.25) is 0 Å². The zero-order valence-electron chi connectivity index (χ0n) is 7.96. The second-order valence-corrected chi connectivity index (χ2v) is 3.09. The Bertz CT molecular complexity index is 491. The molecule has 0 amide bonds. The third-order valence-electron chi connectivity index (χ3n) is 1.94. The first-order valence-corrected chi connectivity index (χ1v) is 4.42. The van der Waals surface area contributed by atoms with E-state index in [4.69, 9.17) is 11.0 Å². The molecule has 0 aliphatic rings. The molecular formula is C10H9N5. The molecule has 0 fully saturated rings. The normalized spacial score (nSPS) is 9.80. The predicted molar refractivity (Wildman–Crippen MR) is 54.7 cm³/mol. The molecule has 2 heterocycles. The van der Waals surface area contributed by atoms with Crippen LogP contribution in [0.4, 0.5) is 5.82 Å². The Morgan fingerprint density at radius 3 is 2.80 bits per heavy atom. The summed E-state index contributed by atoms with van der Waals surface area (Å²) in [6.07, 6.45) is 3.33. The summed E-state index contributed by atoms with van der Waals surface area (Å²) < 4.78 is 1.70. The molecular weight excluding hydrogens is 190 g/mol. The molecule has 0 aliphatic heterocycles. The van der Waals surface area contributed by atoms with Gasteiger partial charge in [-0.25, -0.2) is 0 Å². The quantitative estimate of drug-likeness (QED) is 0.775. The molecule has 0 saturated heterocycles. The van der Waals surface area contributed by atoms with E-state index in [0.29, 0.717) is 17.9 Å². The number of anilines is 1. The van der Waals surface area contributed by atoms with E-state index in [1.807, 2.05) is 6.07 Å². The van der Waals surface area contributed by atoms with Gasteiger partial charge in [-0.3, -0.25) is 9.67 Å². The highest BCUT2D eigenvalue weighted by Crippen LogP contribution is 2.02. The lowest BCUT2D eigenvalue weighted by atomic mass is 10.3. The lowest BCUT2D eigenvalue weighted by Gasteiger charge is -2.00. The van der Waals surface area contributed by atoms with Crippen LogP contribution in [-0.2, 0) is 6.54 Å². The molecule has 0 saturated carbocycles. The second kappa shape index (κ2) is 3.80. The van der Waals surface area contributed by atoms with Gasteiger partial charge >= 0.3 is 0 Å². The molecule has 0 atom stereocenters. The van der Waals surface area contributed by atoms with E-state index in [1.165, 1.54) is 0 Å². The SMILES string of the molecule is N#Cc1ccc(Cn2ccc(N)n2)nc1. The molecule has 2 aromatic rings. The van der Waals surface area contributed by atoms with Gasteiger partial charge < -0.3 is 5.73 Å². The van der Waals surface area contributed by atoms with Gasteiger partial charge in [0.05, 0.1) is 17.8 Å². The van der Waals surface area contributed by atoms with E-state index in [1.54, 1.807) is 35.3 Å². The number of nitrogens with zero attached hydrogens (tertiary/aromatic N) is 4. The van der Waals surface area contributed by atoms with Crippen LogP contribution in [0.5, 0.6) is 0 Å². The summed E-state index contributed by atoms with van der Waals surface area (Å²) in [5.41, 5.74) is 6.88. The van der Waals surface area contributed by atoms with Crippen molar-refractivity contribution in [2.45, 2.75) is 6.54 Å². The van der Waals surface area contributed by atoms with E-state index in [9.17, 15) is 0 Å². The van der Waals surface area contributed by atoms with Crippen molar-refractivity contribution in [1.29, 1.82) is 5.26 Å². The zero-order chi connectivity index (χ0) is 10.7. The smallest absolute Gasteiger partial charge is 0.145 e. The second-order valence-electron chi connectivity index (χ2n) is 3.09. The van der Waals surface area contributed by atoms with Crippen molar-refractivity contribution in [1.82, 2.24) is 14.8 Å². The van der Waals surface area contributed by atoms with Gasteiger partial charge in [0.1, 0.15) is 11.9 Å². The van der Waals surface area contributed by atoms with Crippen molar-refractivity contribution in [3.63, 3.8) is 0 Å². The summed E-state index contributed by atoms with van der Waals surface area (Å²) in [6, 6.07) is 7.28. The number of rotatable bonds is 2. The number of aromatic nitrogens is 3. The van der Waals surface area contributed by atoms with Crippen molar-refractivity contribution in [3.05, 3.63) is 41.9 Å². The third kappa shape index (κ3) is 2.11. The van der Waals surface area contributed by atoms with Crippen LogP contribution >= 0.6 is 0 Å². The number of nitrogens with two attached hydrogens (primary N) is 1. The van der Waals surface area contributed by atoms with Crippen LogP contribution in [0.3, 0.4) is 0 Å². The Balaban J connectivity index is 2.15. The highest BCUT2D eigenvalue weighted by Gasteiger charge is 1.98. The number of nitriles is 1. The fraction of sp³-hybridized carbons (Fsp3) is 0.100. The first kappa shape index (κ1) is 9.21. The minimum absolute atomic E-state index is 0.489. The van der Waals surface area contributed by atoms with E-state index in [0.717, 1.165) is 5.69 Å². The van der Waals surface area contributed by atoms with Crippen LogP contribution in [0.1, 0.15) is 11.3 Å². The summed E-state index contributed by atoms with van der Waals surface area (Å²) in [5, 5.41) is 12.6. The van der Waals surface area contributed by atoms with Gasteiger partial charge in [-0.2, -0.15) is 10.4 Å². The van der Waals surface area contributed by atoms with Crippen molar-refractivity contribution in [2.75, 3.05) is 5.73 Å². The Kier molecular flexibility index (Phi) is 2.33. The van der Waals surface area contributed by atoms with Crippen LogP contribution in [0, 0.1) is 11.3 Å². The molecule has 15 heavy (non-hydrogen) atoms. The maximum Gasteiger partial charge on any atom is 0.145 e. The highest BCUT2D eigenvalue weighted by molar-refractivity contribution is 5.27. The maximum absolute atomic E-state index is 8.60. The van der Waals surface area contributed by atoms with Crippen LogP contribution in [-0.4, -0.2) is 14.8 Å². The van der Waals surface area contributed by atoms with Gasteiger partial charge in [0.15, 0.2) is 0 Å². The van der Waals surface area contributed by atoms with E-state index < -0.39 is 0 Å². The van der Waals surface area contributed by atoms with Crippen LogP contribution in [0.25, 0.3) is 0 Å². The van der Waals surface area contributed by atoms with Gasteiger partial charge in [-0.1, -0.05) is 0 Å². The summed E-state index contributed by atoms with van der Waals surface area (Å²) in [5.74, 6) is 0.489. The zero-order valence-corrected chi connectivity index (χ0v) is 7.96. The van der Waals surface area contributed by atoms with Crippen molar-refractivity contribution in [2.24, 2.45) is 0 Å². The van der Waals surface area contributed by atoms with Crippen LogP contribution in [0.15, 0.2) is 30.6 Å². The van der Waals surface area contributed by atoms with Crippen molar-refractivity contribution < 1.29 is 0 Å². The topological polar surface area (TPSA) is 80.5 Å². The minimum Gasteiger partial charge on any atom is -0.382 e. The lowest BCUT2D eigenvalue weighted by molar-refractivity contribution is 0.676. The summed E-state index contributed by atoms with van der Waals surface area (Å²) in [7, 11) is 0. The molecule has 0 aromatic carbocycles. The summed E-state index contributed by atoms with van der Waals surface area (Å²) in [4.78, 5) is 4.13. The molecule has 0 spiro atoms. The van der Waals surface area contributed by atoms with Gasteiger partial charge in [-0.15, -0.1) is 0 Å². The minimum atomic E-state index is 0.489. The molecule has 5 nitrogen and oxygen atoms in total. The first-order chi connectivity index (χ1) is 7.28. The Morgan fingerprint density at radius 2 is 2.27 bits per heavy atom. The van der Waals surface area contributed by atoms with E-state index in [2.05, 4.69) is 10.1 Å². The standard InChI is InChI=1S/C10H9N5/c11-5-8-1-2-9(13-6-8)7-15-4-3-10(12)14-15/h1-4,6H,7H2,(H2,12,14). The van der Waals surface area contributed by atoms with Crippen molar-refractivity contribution >= 4 is 5.82 Å². The average Bonchev–Trinajstić information content (AvgIpc) is 2.65. The molecule has 0 aliphatic carbocycles. The maximum atomic E-state index is 8.60. The van der Waals surface area contributed by atoms with Gasteiger partial charge in [0.2, 0.25) is 0 Å². The number of hydrogen-bond acceptors (Lipinski definition) is 4. The third-order valence-corrected chi connectivity index (χ3v) is 1.94.